The first-order chi connectivity index (χ1) is 16.5. The van der Waals surface area contributed by atoms with Crippen molar-refractivity contribution in [3.63, 3.8) is 0 Å². The lowest BCUT2D eigenvalue weighted by Crippen LogP contribution is -2.47. The number of piperidine rings is 1. The average molecular weight is 487 g/mol. The number of hydrogen-bond donors (Lipinski definition) is 2. The molecule has 0 aliphatic carbocycles. The molecule has 11 heteroatoms. The van der Waals surface area contributed by atoms with Crippen LogP contribution in [0, 0.1) is 5.92 Å². The highest BCUT2D eigenvalue weighted by molar-refractivity contribution is 7.96. The summed E-state index contributed by atoms with van der Waals surface area (Å²) >= 11 is 1.77. The molecular weight excluding hydrogens is 458 g/mol. The van der Waals surface area contributed by atoms with Gasteiger partial charge in [0, 0.05) is 76.4 Å². The van der Waals surface area contributed by atoms with E-state index in [2.05, 4.69) is 41.0 Å². The van der Waals surface area contributed by atoms with Crippen LogP contribution in [0.3, 0.4) is 0 Å². The fraction of sp³-hybridized carbons (Fsp3) is 0.478. The molecule has 5 rings (SSSR count). The van der Waals surface area contributed by atoms with Crippen LogP contribution in [-0.4, -0.2) is 82.2 Å². The van der Waals surface area contributed by atoms with E-state index >= 15 is 0 Å². The Kier molecular flexibility index (Phi) is 6.75. The number of rotatable bonds is 6. The number of alkyl halides is 2. The first kappa shape index (κ1) is 23.1. The van der Waals surface area contributed by atoms with E-state index in [1.165, 1.54) is 0 Å². The molecule has 2 fully saturated rings. The van der Waals surface area contributed by atoms with Gasteiger partial charge in [0.25, 0.3) is 5.92 Å². The van der Waals surface area contributed by atoms with Crippen LogP contribution in [0.1, 0.15) is 6.42 Å². The summed E-state index contributed by atoms with van der Waals surface area (Å²) < 4.78 is 31.0. The van der Waals surface area contributed by atoms with E-state index < -0.39 is 11.8 Å². The SMILES string of the molecule is CSN1CCN(c2ccc(-c3cc4nccnc4c(NCC4CNCCC4(F)F)n3)cn2)CC1. The fourth-order valence-corrected chi connectivity index (χ4v) is 4.92. The van der Waals surface area contributed by atoms with E-state index in [9.17, 15) is 8.78 Å². The van der Waals surface area contributed by atoms with Crippen LogP contribution in [0.15, 0.2) is 36.8 Å². The van der Waals surface area contributed by atoms with Gasteiger partial charge in [-0.3, -0.25) is 4.98 Å². The molecule has 34 heavy (non-hydrogen) atoms. The quantitative estimate of drug-likeness (QED) is 0.511. The molecule has 2 aliphatic heterocycles. The van der Waals surface area contributed by atoms with Crippen LogP contribution in [0.5, 0.6) is 0 Å². The Labute approximate surface area is 201 Å². The van der Waals surface area contributed by atoms with Crippen LogP contribution in [-0.2, 0) is 0 Å². The number of aromatic nitrogens is 4. The van der Waals surface area contributed by atoms with Crippen LogP contribution in [0.2, 0.25) is 0 Å². The number of fused-ring (bicyclic) bond motifs is 1. The predicted molar refractivity (Wildman–Crippen MR) is 132 cm³/mol. The van der Waals surface area contributed by atoms with Crippen molar-refractivity contribution in [2.75, 3.05) is 62.3 Å². The number of nitrogens with zero attached hydrogens (tertiary/aromatic N) is 6. The van der Waals surface area contributed by atoms with Gasteiger partial charge in [0.1, 0.15) is 11.3 Å². The van der Waals surface area contributed by atoms with E-state index in [1.807, 2.05) is 24.4 Å². The molecule has 0 spiro atoms. The zero-order chi connectivity index (χ0) is 23.5. The average Bonchev–Trinajstić information content (AvgIpc) is 2.87. The Morgan fingerprint density at radius 3 is 2.71 bits per heavy atom. The van der Waals surface area contributed by atoms with Gasteiger partial charge in [-0.1, -0.05) is 11.9 Å². The molecule has 180 valence electrons. The molecule has 5 heterocycles. The van der Waals surface area contributed by atoms with E-state index in [0.29, 0.717) is 29.1 Å². The minimum atomic E-state index is -2.71. The van der Waals surface area contributed by atoms with Gasteiger partial charge in [-0.2, -0.15) is 0 Å². The summed E-state index contributed by atoms with van der Waals surface area (Å²) in [6.07, 6.45) is 6.95. The first-order valence-corrected chi connectivity index (χ1v) is 12.7. The van der Waals surface area contributed by atoms with Gasteiger partial charge in [-0.25, -0.2) is 28.0 Å². The minimum absolute atomic E-state index is 0.0986. The largest absolute Gasteiger partial charge is 0.368 e. The highest BCUT2D eigenvalue weighted by Crippen LogP contribution is 2.32. The van der Waals surface area contributed by atoms with Crippen molar-refractivity contribution in [2.45, 2.75) is 12.3 Å². The maximum absolute atomic E-state index is 14.3. The molecule has 2 N–H and O–H groups in total. The topological polar surface area (TPSA) is 82.1 Å². The van der Waals surface area contributed by atoms with Crippen molar-refractivity contribution in [1.82, 2.24) is 29.6 Å². The number of nitrogens with one attached hydrogen (secondary N) is 2. The molecule has 2 saturated heterocycles. The predicted octanol–water partition coefficient (Wildman–Crippen LogP) is 3.14. The molecule has 0 aromatic carbocycles. The molecular formula is C23H28F2N8S. The smallest absolute Gasteiger partial charge is 0.255 e. The number of anilines is 2. The van der Waals surface area contributed by atoms with Crippen LogP contribution in [0.25, 0.3) is 22.3 Å². The second kappa shape index (κ2) is 9.93. The van der Waals surface area contributed by atoms with E-state index in [1.54, 1.807) is 24.3 Å². The fourth-order valence-electron chi connectivity index (χ4n) is 4.39. The molecule has 1 atom stereocenters. The van der Waals surface area contributed by atoms with Gasteiger partial charge < -0.3 is 15.5 Å². The maximum atomic E-state index is 14.3. The summed E-state index contributed by atoms with van der Waals surface area (Å²) in [5.41, 5.74) is 2.73. The van der Waals surface area contributed by atoms with Gasteiger partial charge in [-0.15, -0.1) is 0 Å². The standard InChI is InChI=1S/C23H28F2N8S/c1-34-33-10-8-32(9-11-33)20-3-2-16(13-29-20)18-12-19-21(28-7-6-27-19)22(31-18)30-15-17-14-26-5-4-23(17,24)25/h2-3,6-7,12-13,17,26H,4-5,8-11,14-15H2,1H3,(H,30,31). The Morgan fingerprint density at radius 2 is 1.97 bits per heavy atom. The third-order valence-corrected chi connectivity index (χ3v) is 7.34. The second-order valence-electron chi connectivity index (χ2n) is 8.58. The molecule has 0 amide bonds. The van der Waals surface area contributed by atoms with Crippen molar-refractivity contribution in [3.05, 3.63) is 36.8 Å². The lowest BCUT2D eigenvalue weighted by Gasteiger charge is -2.34. The van der Waals surface area contributed by atoms with Gasteiger partial charge in [-0.05, 0) is 24.5 Å². The van der Waals surface area contributed by atoms with Crippen molar-refractivity contribution in [3.8, 4) is 11.3 Å². The van der Waals surface area contributed by atoms with E-state index in [4.69, 9.17) is 4.98 Å². The zero-order valence-electron chi connectivity index (χ0n) is 19.0. The zero-order valence-corrected chi connectivity index (χ0v) is 19.9. The molecule has 0 radical (unpaired) electrons. The summed E-state index contributed by atoms with van der Waals surface area (Å²) in [4.78, 5) is 20.5. The van der Waals surface area contributed by atoms with E-state index in [-0.39, 0.29) is 19.5 Å². The number of pyridine rings is 2. The highest BCUT2D eigenvalue weighted by atomic mass is 32.2. The molecule has 8 nitrogen and oxygen atoms in total. The summed E-state index contributed by atoms with van der Waals surface area (Å²) in [7, 11) is 0. The number of hydrogen-bond acceptors (Lipinski definition) is 9. The van der Waals surface area contributed by atoms with Gasteiger partial charge >= 0.3 is 0 Å². The minimum Gasteiger partial charge on any atom is -0.368 e. The van der Waals surface area contributed by atoms with Gasteiger partial charge in [0.05, 0.1) is 17.1 Å². The lowest BCUT2D eigenvalue weighted by molar-refractivity contribution is -0.0728. The van der Waals surface area contributed by atoms with Crippen LogP contribution < -0.4 is 15.5 Å². The molecule has 3 aromatic heterocycles. The molecule has 0 bridgehead atoms. The number of piperazine rings is 1. The normalized spacial score (nSPS) is 21.0. The van der Waals surface area contributed by atoms with Crippen molar-refractivity contribution < 1.29 is 8.78 Å². The molecule has 3 aromatic rings. The second-order valence-corrected chi connectivity index (χ2v) is 9.46. The Balaban J connectivity index is 1.37. The summed E-state index contributed by atoms with van der Waals surface area (Å²) in [6.45, 7) is 4.57. The molecule has 2 aliphatic rings. The lowest BCUT2D eigenvalue weighted by atomic mass is 9.95. The Bertz CT molecular complexity index is 1120. The van der Waals surface area contributed by atoms with Crippen molar-refractivity contribution >= 4 is 34.6 Å². The summed E-state index contributed by atoms with van der Waals surface area (Å²) in [5.74, 6) is -2.13. The molecule has 0 saturated carbocycles. The summed E-state index contributed by atoms with van der Waals surface area (Å²) in [6, 6.07) is 5.86. The Morgan fingerprint density at radius 1 is 1.15 bits per heavy atom. The Hall–Kier alpha value is -2.63. The van der Waals surface area contributed by atoms with Crippen LogP contribution >= 0.6 is 11.9 Å². The van der Waals surface area contributed by atoms with Crippen molar-refractivity contribution in [1.29, 1.82) is 0 Å². The first-order valence-electron chi connectivity index (χ1n) is 11.5. The third kappa shape index (κ3) is 4.91. The maximum Gasteiger partial charge on any atom is 0.255 e. The van der Waals surface area contributed by atoms with Gasteiger partial charge in [0.15, 0.2) is 5.82 Å². The molecule has 1 unspecified atom stereocenters. The summed E-state index contributed by atoms with van der Waals surface area (Å²) in [5, 5.41) is 6.18. The van der Waals surface area contributed by atoms with Crippen LogP contribution in [0.4, 0.5) is 20.4 Å². The number of halogens is 2. The van der Waals surface area contributed by atoms with E-state index in [0.717, 1.165) is 37.6 Å². The van der Waals surface area contributed by atoms with Crippen molar-refractivity contribution in [2.24, 2.45) is 5.92 Å². The monoisotopic (exact) mass is 486 g/mol. The third-order valence-electron chi connectivity index (χ3n) is 6.46. The van der Waals surface area contributed by atoms with Gasteiger partial charge in [0.2, 0.25) is 0 Å². The highest BCUT2D eigenvalue weighted by Gasteiger charge is 2.41.